The maximum atomic E-state index is 13.9. The molecule has 1 aliphatic rings. The Hall–Kier alpha value is -5.12. The molecular formula is C34H44N10O5S. The van der Waals surface area contributed by atoms with E-state index in [9.17, 15) is 24.0 Å². The number of carbonyl (C=O) groups is 5. The second-order valence-electron chi connectivity index (χ2n) is 12.8. The number of nitrogens with zero attached hydrogens (tertiary/aromatic N) is 6. The van der Waals surface area contributed by atoms with Crippen molar-refractivity contribution in [2.24, 2.45) is 5.92 Å². The van der Waals surface area contributed by atoms with E-state index in [1.165, 1.54) is 16.0 Å². The average Bonchev–Trinajstić information content (AvgIpc) is 3.77. The highest BCUT2D eigenvalue weighted by molar-refractivity contribution is 7.15. The molecule has 50 heavy (non-hydrogen) atoms. The van der Waals surface area contributed by atoms with Crippen molar-refractivity contribution >= 4 is 45.8 Å². The fourth-order valence-corrected chi connectivity index (χ4v) is 6.50. The SMILES string of the molecule is Cc1nc2n(n1)CC(=O)NCCN(C(=O)Cc1cn3ccsc3n1)CCCC(=O)N[C@@H](C)C(=O)N[C@H](Cc1ccccc1)C(=O)N[C@H]2C(C)C. The monoisotopic (exact) mass is 704 g/mol. The van der Waals surface area contributed by atoms with Crippen LogP contribution in [0.5, 0.6) is 0 Å². The van der Waals surface area contributed by atoms with E-state index in [1.807, 2.05) is 66.4 Å². The van der Waals surface area contributed by atoms with Crippen LogP contribution in [-0.4, -0.2) is 90.3 Å². The zero-order valence-corrected chi connectivity index (χ0v) is 29.5. The van der Waals surface area contributed by atoms with E-state index in [4.69, 9.17) is 0 Å². The maximum absolute atomic E-state index is 13.9. The minimum Gasteiger partial charge on any atom is -0.353 e. The lowest BCUT2D eigenvalue weighted by atomic mass is 10.0. The van der Waals surface area contributed by atoms with Crippen LogP contribution in [0.15, 0.2) is 48.1 Å². The van der Waals surface area contributed by atoms with Crippen LogP contribution in [0.4, 0.5) is 0 Å². The summed E-state index contributed by atoms with van der Waals surface area (Å²) in [7, 11) is 0. The molecule has 16 heteroatoms. The number of thiazole rings is 1. The Morgan fingerprint density at radius 1 is 1.00 bits per heavy atom. The number of aromatic nitrogens is 5. The molecule has 1 aromatic carbocycles. The zero-order chi connectivity index (χ0) is 35.8. The molecule has 266 valence electrons. The summed E-state index contributed by atoms with van der Waals surface area (Å²) in [5.74, 6) is -1.17. The third-order valence-electron chi connectivity index (χ3n) is 8.39. The molecule has 4 N–H and O–H groups in total. The molecule has 0 unspecified atom stereocenters. The van der Waals surface area contributed by atoms with E-state index in [2.05, 4.69) is 36.3 Å². The molecule has 0 fully saturated rings. The van der Waals surface area contributed by atoms with Gasteiger partial charge in [0.2, 0.25) is 29.5 Å². The first kappa shape index (κ1) is 36.2. The van der Waals surface area contributed by atoms with Crippen molar-refractivity contribution in [2.75, 3.05) is 19.6 Å². The number of hydrogen-bond donors (Lipinski definition) is 4. The summed E-state index contributed by atoms with van der Waals surface area (Å²) in [6.07, 6.45) is 4.35. The zero-order valence-electron chi connectivity index (χ0n) is 28.7. The lowest BCUT2D eigenvalue weighted by molar-refractivity contribution is -0.133. The summed E-state index contributed by atoms with van der Waals surface area (Å²) < 4.78 is 3.33. The van der Waals surface area contributed by atoms with Gasteiger partial charge in [0.1, 0.15) is 24.5 Å². The van der Waals surface area contributed by atoms with Gasteiger partial charge in [0, 0.05) is 50.2 Å². The molecule has 5 rings (SSSR count). The van der Waals surface area contributed by atoms with Crippen molar-refractivity contribution in [1.82, 2.24) is 50.3 Å². The van der Waals surface area contributed by atoms with Gasteiger partial charge in [-0.3, -0.25) is 28.4 Å². The first-order chi connectivity index (χ1) is 24.0. The Balaban J connectivity index is 1.37. The van der Waals surface area contributed by atoms with Gasteiger partial charge in [-0.05, 0) is 31.7 Å². The third kappa shape index (κ3) is 9.52. The van der Waals surface area contributed by atoms with Gasteiger partial charge in [0.15, 0.2) is 10.8 Å². The molecule has 0 radical (unpaired) electrons. The predicted octanol–water partition coefficient (Wildman–Crippen LogP) is 1.32. The summed E-state index contributed by atoms with van der Waals surface area (Å²) in [5.41, 5.74) is 1.46. The van der Waals surface area contributed by atoms with Crippen molar-refractivity contribution in [3.8, 4) is 0 Å². The quantitative estimate of drug-likeness (QED) is 0.240. The van der Waals surface area contributed by atoms with E-state index in [-0.39, 0.29) is 69.1 Å². The molecule has 3 aromatic heterocycles. The van der Waals surface area contributed by atoms with Gasteiger partial charge < -0.3 is 26.2 Å². The third-order valence-corrected chi connectivity index (χ3v) is 9.16. The Labute approximate surface area is 294 Å². The molecular weight excluding hydrogens is 661 g/mol. The molecule has 15 nitrogen and oxygen atoms in total. The van der Waals surface area contributed by atoms with Crippen LogP contribution in [0.3, 0.4) is 0 Å². The van der Waals surface area contributed by atoms with Crippen molar-refractivity contribution < 1.29 is 24.0 Å². The van der Waals surface area contributed by atoms with E-state index < -0.39 is 29.9 Å². The normalized spacial score (nSPS) is 20.5. The van der Waals surface area contributed by atoms with Crippen molar-refractivity contribution in [3.63, 3.8) is 0 Å². The van der Waals surface area contributed by atoms with Gasteiger partial charge in [-0.15, -0.1) is 11.3 Å². The number of fused-ring (bicyclic) bond motifs is 2. The van der Waals surface area contributed by atoms with Crippen LogP contribution in [0, 0.1) is 12.8 Å². The van der Waals surface area contributed by atoms with Crippen LogP contribution in [0.2, 0.25) is 0 Å². The Morgan fingerprint density at radius 2 is 1.78 bits per heavy atom. The molecule has 0 bridgehead atoms. The Kier molecular flexibility index (Phi) is 12.0. The van der Waals surface area contributed by atoms with E-state index in [0.717, 1.165) is 10.5 Å². The van der Waals surface area contributed by atoms with E-state index in [1.54, 1.807) is 18.7 Å². The first-order valence-electron chi connectivity index (χ1n) is 16.8. The number of nitrogens with one attached hydrogen (secondary N) is 4. The smallest absolute Gasteiger partial charge is 0.243 e. The molecule has 4 heterocycles. The second kappa shape index (κ2) is 16.5. The standard InChI is InChI=1S/C34H44N10O5S/c1-21(2)30-31-37-23(4)41-44(31)20-28(46)35-12-14-42(29(47)18-25-19-43-15-16-50-34(43)38-25)13-8-11-27(45)36-22(3)32(48)39-26(33(49)40-30)17-24-9-6-5-7-10-24/h5-7,9-10,15-16,19,21-22,26,30H,8,11-14,17-18,20H2,1-4H3,(H,35,46)(H,36,45)(H,39,48)(H,40,49)/t22-,26+,30-/m0/s1. The largest absolute Gasteiger partial charge is 0.353 e. The lowest BCUT2D eigenvalue weighted by Gasteiger charge is -2.27. The summed E-state index contributed by atoms with van der Waals surface area (Å²) >= 11 is 1.47. The predicted molar refractivity (Wildman–Crippen MR) is 186 cm³/mol. The number of imidazole rings is 1. The van der Waals surface area contributed by atoms with Gasteiger partial charge in [-0.1, -0.05) is 44.2 Å². The Morgan fingerprint density at radius 3 is 2.52 bits per heavy atom. The van der Waals surface area contributed by atoms with Crippen molar-refractivity contribution in [1.29, 1.82) is 0 Å². The summed E-state index contributed by atoms with van der Waals surface area (Å²) in [4.78, 5) is 78.2. The fourth-order valence-electron chi connectivity index (χ4n) is 5.78. The molecule has 1 aliphatic heterocycles. The molecule has 0 saturated carbocycles. The molecule has 0 aliphatic carbocycles. The van der Waals surface area contributed by atoms with Crippen molar-refractivity contribution in [3.05, 3.63) is 71.0 Å². The molecule has 5 amide bonds. The van der Waals surface area contributed by atoms with Crippen LogP contribution >= 0.6 is 11.3 Å². The number of amides is 5. The number of hydrogen-bond acceptors (Lipinski definition) is 9. The van der Waals surface area contributed by atoms with Crippen molar-refractivity contribution in [2.45, 2.75) is 78.0 Å². The van der Waals surface area contributed by atoms with E-state index >= 15 is 0 Å². The number of benzene rings is 1. The molecule has 3 atom stereocenters. The number of rotatable bonds is 5. The topological polar surface area (TPSA) is 185 Å². The van der Waals surface area contributed by atoms with Gasteiger partial charge >= 0.3 is 0 Å². The number of carbonyl (C=O) groups excluding carboxylic acids is 5. The lowest BCUT2D eigenvalue weighted by Crippen LogP contribution is -2.54. The van der Waals surface area contributed by atoms with Gasteiger partial charge in [-0.25, -0.2) is 14.6 Å². The highest BCUT2D eigenvalue weighted by atomic mass is 32.1. The molecule has 4 aromatic rings. The fraction of sp³-hybridized carbons (Fsp3) is 0.471. The van der Waals surface area contributed by atoms with Gasteiger partial charge in [0.05, 0.1) is 18.2 Å². The van der Waals surface area contributed by atoms with Crippen LogP contribution in [0.1, 0.15) is 62.6 Å². The van der Waals surface area contributed by atoms with Gasteiger partial charge in [0.25, 0.3) is 0 Å². The average molecular weight is 705 g/mol. The minimum absolute atomic E-state index is 0.0619. The number of aryl methyl sites for hydroxylation is 1. The maximum Gasteiger partial charge on any atom is 0.243 e. The molecule has 0 saturated heterocycles. The summed E-state index contributed by atoms with van der Waals surface area (Å²) in [6, 6.07) is 6.78. The second-order valence-corrected chi connectivity index (χ2v) is 13.7. The summed E-state index contributed by atoms with van der Waals surface area (Å²) in [5, 5.41) is 17.8. The highest BCUT2D eigenvalue weighted by Crippen LogP contribution is 2.21. The summed E-state index contributed by atoms with van der Waals surface area (Å²) in [6.45, 7) is 7.58. The highest BCUT2D eigenvalue weighted by Gasteiger charge is 2.31. The Bertz CT molecular complexity index is 1790. The first-order valence-corrected chi connectivity index (χ1v) is 17.7. The van der Waals surface area contributed by atoms with Crippen LogP contribution in [0.25, 0.3) is 4.96 Å². The van der Waals surface area contributed by atoms with Crippen LogP contribution in [-0.2, 0) is 43.4 Å². The van der Waals surface area contributed by atoms with E-state index in [0.29, 0.717) is 23.8 Å². The molecule has 0 spiro atoms. The van der Waals surface area contributed by atoms with Crippen LogP contribution < -0.4 is 21.3 Å². The van der Waals surface area contributed by atoms with Gasteiger partial charge in [-0.2, -0.15) is 5.10 Å². The minimum atomic E-state index is -0.970.